The number of nitrogens with zero attached hydrogens (tertiary/aromatic N) is 1. The van der Waals surface area contributed by atoms with Gasteiger partial charge in [-0.15, -0.1) is 0 Å². The molecule has 3 heteroatoms. The molecular formula is C11H14N2O. The van der Waals surface area contributed by atoms with E-state index in [0.29, 0.717) is 12.5 Å². The molecule has 3 nitrogen and oxygen atoms in total. The maximum atomic E-state index is 5.51. The number of hydrogen-bond acceptors (Lipinski definition) is 3. The van der Waals surface area contributed by atoms with Crippen LogP contribution in [-0.4, -0.2) is 11.5 Å². The Kier molecular flexibility index (Phi) is 2.50. The van der Waals surface area contributed by atoms with Gasteiger partial charge in [0.1, 0.15) is 0 Å². The molecule has 0 saturated carbocycles. The first-order chi connectivity index (χ1) is 6.81. The number of pyridine rings is 1. The molecule has 14 heavy (non-hydrogen) atoms. The Morgan fingerprint density at radius 1 is 1.57 bits per heavy atom. The van der Waals surface area contributed by atoms with Gasteiger partial charge < -0.3 is 10.2 Å². The van der Waals surface area contributed by atoms with Gasteiger partial charge in [0.05, 0.1) is 12.5 Å². The number of furan rings is 1. The highest BCUT2D eigenvalue weighted by Crippen LogP contribution is 2.21. The summed E-state index contributed by atoms with van der Waals surface area (Å²) < 4.78 is 5.23. The van der Waals surface area contributed by atoms with Crippen molar-refractivity contribution in [3.05, 3.63) is 30.3 Å². The highest BCUT2D eigenvalue weighted by Gasteiger charge is 2.07. The van der Waals surface area contributed by atoms with Gasteiger partial charge >= 0.3 is 0 Å². The van der Waals surface area contributed by atoms with Gasteiger partial charge in [0.25, 0.3) is 0 Å². The highest BCUT2D eigenvalue weighted by molar-refractivity contribution is 5.76. The summed E-state index contributed by atoms with van der Waals surface area (Å²) in [6, 6.07) is 4.02. The molecule has 0 saturated heterocycles. The summed E-state index contributed by atoms with van der Waals surface area (Å²) in [6.07, 6.45) is 4.43. The molecule has 1 unspecified atom stereocenters. The average molecular weight is 190 g/mol. The van der Waals surface area contributed by atoms with Crippen molar-refractivity contribution in [2.24, 2.45) is 5.73 Å². The van der Waals surface area contributed by atoms with E-state index in [1.54, 1.807) is 12.5 Å². The van der Waals surface area contributed by atoms with E-state index in [0.717, 1.165) is 23.1 Å². The van der Waals surface area contributed by atoms with E-state index >= 15 is 0 Å². The van der Waals surface area contributed by atoms with Crippen LogP contribution in [0, 0.1) is 0 Å². The molecule has 2 heterocycles. The second-order valence-electron chi connectivity index (χ2n) is 3.55. The molecule has 0 spiro atoms. The van der Waals surface area contributed by atoms with Crippen molar-refractivity contribution in [3.8, 4) is 0 Å². The van der Waals surface area contributed by atoms with Crippen LogP contribution in [-0.2, 0) is 0 Å². The second-order valence-corrected chi connectivity index (χ2v) is 3.55. The molecule has 0 bridgehead atoms. The summed E-state index contributed by atoms with van der Waals surface area (Å²) in [5.74, 6) is 0.416. The zero-order chi connectivity index (χ0) is 9.97. The Morgan fingerprint density at radius 2 is 2.43 bits per heavy atom. The van der Waals surface area contributed by atoms with Gasteiger partial charge in [-0.2, -0.15) is 0 Å². The van der Waals surface area contributed by atoms with Crippen molar-refractivity contribution in [2.75, 3.05) is 6.54 Å². The molecule has 2 aromatic heterocycles. The third kappa shape index (κ3) is 1.63. The number of nitrogens with two attached hydrogens (primary N) is 1. The van der Waals surface area contributed by atoms with Gasteiger partial charge in [-0.3, -0.25) is 4.98 Å². The van der Waals surface area contributed by atoms with Gasteiger partial charge in [0.15, 0.2) is 5.58 Å². The van der Waals surface area contributed by atoms with Crippen LogP contribution in [0.5, 0.6) is 0 Å². The topological polar surface area (TPSA) is 52.0 Å². The third-order valence-electron chi connectivity index (χ3n) is 2.47. The molecule has 0 radical (unpaired) electrons. The van der Waals surface area contributed by atoms with E-state index < -0.39 is 0 Å². The first kappa shape index (κ1) is 9.21. The standard InChI is InChI=1S/C11H14N2O/c1-8(2-4-12)10-6-9-3-5-14-11(9)7-13-10/h3,5-8H,2,4,12H2,1H3. The summed E-state index contributed by atoms with van der Waals surface area (Å²) in [6.45, 7) is 2.84. The van der Waals surface area contributed by atoms with Crippen molar-refractivity contribution < 1.29 is 4.42 Å². The maximum absolute atomic E-state index is 5.51. The van der Waals surface area contributed by atoms with Crippen molar-refractivity contribution >= 4 is 11.0 Å². The molecule has 2 rings (SSSR count). The number of aromatic nitrogens is 1. The third-order valence-corrected chi connectivity index (χ3v) is 2.47. The molecule has 0 aliphatic rings. The summed E-state index contributed by atoms with van der Waals surface area (Å²) in [5, 5.41) is 1.11. The lowest BCUT2D eigenvalue weighted by atomic mass is 10.0. The molecule has 2 aromatic rings. The molecule has 0 fully saturated rings. The molecule has 0 aliphatic carbocycles. The van der Waals surface area contributed by atoms with Crippen LogP contribution in [0.3, 0.4) is 0 Å². The van der Waals surface area contributed by atoms with E-state index in [2.05, 4.69) is 18.0 Å². The van der Waals surface area contributed by atoms with Crippen molar-refractivity contribution in [2.45, 2.75) is 19.3 Å². The molecular weight excluding hydrogens is 176 g/mol. The van der Waals surface area contributed by atoms with Gasteiger partial charge in [0.2, 0.25) is 0 Å². The van der Waals surface area contributed by atoms with E-state index in [1.807, 2.05) is 6.07 Å². The van der Waals surface area contributed by atoms with Crippen LogP contribution >= 0.6 is 0 Å². The summed E-state index contributed by atoms with van der Waals surface area (Å²) in [5.41, 5.74) is 7.44. The predicted molar refractivity (Wildman–Crippen MR) is 56.1 cm³/mol. The van der Waals surface area contributed by atoms with Gasteiger partial charge in [-0.05, 0) is 31.0 Å². The fourth-order valence-electron chi connectivity index (χ4n) is 1.55. The molecule has 1 atom stereocenters. The van der Waals surface area contributed by atoms with Crippen molar-refractivity contribution in [1.82, 2.24) is 4.98 Å². The number of rotatable bonds is 3. The van der Waals surface area contributed by atoms with Crippen LogP contribution < -0.4 is 5.73 Å². The predicted octanol–water partition coefficient (Wildman–Crippen LogP) is 2.28. The monoisotopic (exact) mass is 190 g/mol. The summed E-state index contributed by atoms with van der Waals surface area (Å²) in [4.78, 5) is 4.35. The zero-order valence-corrected chi connectivity index (χ0v) is 8.23. The summed E-state index contributed by atoms with van der Waals surface area (Å²) in [7, 11) is 0. The highest BCUT2D eigenvalue weighted by atomic mass is 16.3. The summed E-state index contributed by atoms with van der Waals surface area (Å²) >= 11 is 0. The Balaban J connectivity index is 2.33. The lowest BCUT2D eigenvalue weighted by molar-refractivity contribution is 0.612. The Hall–Kier alpha value is -1.35. The number of fused-ring (bicyclic) bond motifs is 1. The van der Waals surface area contributed by atoms with Crippen LogP contribution in [0.25, 0.3) is 11.0 Å². The van der Waals surface area contributed by atoms with Crippen molar-refractivity contribution in [1.29, 1.82) is 0 Å². The first-order valence-corrected chi connectivity index (χ1v) is 4.84. The van der Waals surface area contributed by atoms with E-state index in [-0.39, 0.29) is 0 Å². The lowest BCUT2D eigenvalue weighted by Crippen LogP contribution is -2.05. The van der Waals surface area contributed by atoms with Gasteiger partial charge in [-0.1, -0.05) is 6.92 Å². The van der Waals surface area contributed by atoms with Crippen LogP contribution in [0.2, 0.25) is 0 Å². The Morgan fingerprint density at radius 3 is 3.21 bits per heavy atom. The largest absolute Gasteiger partial charge is 0.463 e. The Labute approximate surface area is 82.9 Å². The molecule has 74 valence electrons. The molecule has 2 N–H and O–H groups in total. The maximum Gasteiger partial charge on any atom is 0.152 e. The minimum atomic E-state index is 0.416. The normalized spacial score (nSPS) is 13.3. The molecule has 0 amide bonds. The molecule has 0 aliphatic heterocycles. The van der Waals surface area contributed by atoms with Crippen molar-refractivity contribution in [3.63, 3.8) is 0 Å². The van der Waals surface area contributed by atoms with E-state index in [9.17, 15) is 0 Å². The fraction of sp³-hybridized carbons (Fsp3) is 0.364. The zero-order valence-electron chi connectivity index (χ0n) is 8.23. The fourth-order valence-corrected chi connectivity index (χ4v) is 1.55. The minimum absolute atomic E-state index is 0.416. The average Bonchev–Trinajstić information content (AvgIpc) is 2.64. The minimum Gasteiger partial charge on any atom is -0.463 e. The van der Waals surface area contributed by atoms with E-state index in [1.165, 1.54) is 0 Å². The quantitative estimate of drug-likeness (QED) is 0.807. The van der Waals surface area contributed by atoms with Gasteiger partial charge in [0, 0.05) is 11.1 Å². The van der Waals surface area contributed by atoms with E-state index in [4.69, 9.17) is 10.2 Å². The van der Waals surface area contributed by atoms with Crippen LogP contribution in [0.1, 0.15) is 25.0 Å². The smallest absolute Gasteiger partial charge is 0.152 e. The number of hydrogen-bond donors (Lipinski definition) is 1. The first-order valence-electron chi connectivity index (χ1n) is 4.84. The molecule has 0 aromatic carbocycles. The SMILES string of the molecule is CC(CCN)c1cc2ccoc2cn1. The van der Waals surface area contributed by atoms with Gasteiger partial charge in [-0.25, -0.2) is 0 Å². The van der Waals surface area contributed by atoms with Crippen LogP contribution in [0.15, 0.2) is 29.0 Å². The lowest BCUT2D eigenvalue weighted by Gasteiger charge is -2.08. The second kappa shape index (κ2) is 3.80. The van der Waals surface area contributed by atoms with Crippen LogP contribution in [0.4, 0.5) is 0 Å². The Bertz CT molecular complexity index is 422.